The molecule has 2 aromatic rings. The second kappa shape index (κ2) is 3.69. The average Bonchev–Trinajstić information content (AvgIpc) is 2.70. The van der Waals surface area contributed by atoms with Crippen molar-refractivity contribution in [1.82, 2.24) is 20.6 Å². The Kier molecular flexibility index (Phi) is 2.35. The topological polar surface area (TPSA) is 97.6 Å². The van der Waals surface area contributed by atoms with Crippen LogP contribution in [0, 0.1) is 24.0 Å². The van der Waals surface area contributed by atoms with Gasteiger partial charge in [0.25, 0.3) is 5.69 Å². The normalized spacial score (nSPS) is 10.4. The Morgan fingerprint density at radius 3 is 2.62 bits per heavy atom. The molecule has 0 aliphatic rings. The van der Waals surface area contributed by atoms with Crippen molar-refractivity contribution in [3.05, 3.63) is 33.4 Å². The number of aryl methyl sites for hydroxylation is 2. The van der Waals surface area contributed by atoms with E-state index >= 15 is 0 Å². The van der Waals surface area contributed by atoms with Gasteiger partial charge in [-0.1, -0.05) is 0 Å². The molecule has 2 rings (SSSR count). The maximum absolute atomic E-state index is 10.8. The molecule has 0 spiro atoms. The molecule has 1 heterocycles. The molecule has 0 aliphatic heterocycles. The van der Waals surface area contributed by atoms with Crippen molar-refractivity contribution in [3.63, 3.8) is 0 Å². The summed E-state index contributed by atoms with van der Waals surface area (Å²) in [6, 6.07) is 3.21. The Hall–Kier alpha value is -2.31. The number of nitro groups is 1. The molecule has 0 fully saturated rings. The molecule has 0 bridgehead atoms. The highest BCUT2D eigenvalue weighted by atomic mass is 16.6. The van der Waals surface area contributed by atoms with E-state index < -0.39 is 4.92 Å². The molecular weight excluding hydrogens is 210 g/mol. The highest BCUT2D eigenvalue weighted by Gasteiger charge is 2.16. The summed E-state index contributed by atoms with van der Waals surface area (Å²) in [6.45, 7) is 3.55. The molecule has 0 radical (unpaired) electrons. The predicted molar refractivity (Wildman–Crippen MR) is 55.7 cm³/mol. The van der Waals surface area contributed by atoms with E-state index in [-0.39, 0.29) is 5.69 Å². The van der Waals surface area contributed by atoms with Crippen LogP contribution in [0.25, 0.3) is 11.4 Å². The van der Waals surface area contributed by atoms with Crippen LogP contribution in [0.15, 0.2) is 12.1 Å². The van der Waals surface area contributed by atoms with Gasteiger partial charge in [-0.25, -0.2) is 0 Å². The van der Waals surface area contributed by atoms with E-state index in [1.807, 2.05) is 6.92 Å². The van der Waals surface area contributed by atoms with Crippen molar-refractivity contribution in [2.75, 3.05) is 0 Å². The van der Waals surface area contributed by atoms with Crippen molar-refractivity contribution in [2.45, 2.75) is 13.8 Å². The van der Waals surface area contributed by atoms with E-state index in [4.69, 9.17) is 0 Å². The summed E-state index contributed by atoms with van der Waals surface area (Å²) >= 11 is 0. The Morgan fingerprint density at radius 2 is 2.06 bits per heavy atom. The van der Waals surface area contributed by atoms with Gasteiger partial charge in [0, 0.05) is 17.2 Å². The largest absolute Gasteiger partial charge is 0.273 e. The highest BCUT2D eigenvalue weighted by Crippen LogP contribution is 2.27. The second-order valence-electron chi connectivity index (χ2n) is 3.45. The molecule has 0 unspecified atom stereocenters. The third-order valence-electron chi connectivity index (χ3n) is 2.33. The molecule has 0 saturated carbocycles. The van der Waals surface area contributed by atoms with Gasteiger partial charge < -0.3 is 0 Å². The van der Waals surface area contributed by atoms with Crippen molar-refractivity contribution in [2.24, 2.45) is 0 Å². The summed E-state index contributed by atoms with van der Waals surface area (Å²) in [7, 11) is 0. The number of rotatable bonds is 2. The smallest absolute Gasteiger partial charge is 0.258 e. The van der Waals surface area contributed by atoms with E-state index in [2.05, 4.69) is 20.6 Å². The summed E-state index contributed by atoms with van der Waals surface area (Å²) in [5.41, 5.74) is 2.18. The maximum Gasteiger partial charge on any atom is 0.273 e. The van der Waals surface area contributed by atoms with Gasteiger partial charge in [0.1, 0.15) is 0 Å². The van der Waals surface area contributed by atoms with Gasteiger partial charge in [-0.15, -0.1) is 10.2 Å². The van der Waals surface area contributed by atoms with Gasteiger partial charge in [-0.2, -0.15) is 5.21 Å². The molecule has 0 atom stereocenters. The SMILES string of the molecule is Cc1cc(C)c([N+](=O)[O-])cc1-c1nn[nH]n1. The minimum absolute atomic E-state index is 0.0606. The number of H-pyrrole nitrogens is 1. The predicted octanol–water partition coefficient (Wildman–Crippen LogP) is 1.39. The van der Waals surface area contributed by atoms with E-state index in [0.29, 0.717) is 17.0 Å². The zero-order valence-corrected chi connectivity index (χ0v) is 8.76. The number of aromatic nitrogens is 4. The third kappa shape index (κ3) is 1.62. The van der Waals surface area contributed by atoms with E-state index in [9.17, 15) is 10.1 Å². The quantitative estimate of drug-likeness (QED) is 0.608. The van der Waals surface area contributed by atoms with Crippen molar-refractivity contribution in [3.8, 4) is 11.4 Å². The van der Waals surface area contributed by atoms with Gasteiger partial charge in [0.2, 0.25) is 5.82 Å². The first-order chi connectivity index (χ1) is 7.59. The molecule has 1 aromatic heterocycles. The van der Waals surface area contributed by atoms with Crippen molar-refractivity contribution < 1.29 is 4.92 Å². The maximum atomic E-state index is 10.8. The first-order valence-corrected chi connectivity index (χ1v) is 4.59. The summed E-state index contributed by atoms with van der Waals surface area (Å²) in [5.74, 6) is 0.362. The molecule has 1 aromatic carbocycles. The summed E-state index contributed by atoms with van der Waals surface area (Å²) in [4.78, 5) is 10.4. The highest BCUT2D eigenvalue weighted by molar-refractivity contribution is 5.65. The number of nitrogens with zero attached hydrogens (tertiary/aromatic N) is 4. The zero-order valence-electron chi connectivity index (χ0n) is 8.76. The molecule has 0 saturated heterocycles. The second-order valence-corrected chi connectivity index (χ2v) is 3.45. The lowest BCUT2D eigenvalue weighted by molar-refractivity contribution is -0.385. The average molecular weight is 219 g/mol. The Labute approximate surface area is 90.6 Å². The number of nitro benzene ring substituents is 1. The van der Waals surface area contributed by atoms with E-state index in [1.54, 1.807) is 13.0 Å². The fourth-order valence-corrected chi connectivity index (χ4v) is 1.55. The van der Waals surface area contributed by atoms with Gasteiger partial charge in [0.15, 0.2) is 0 Å². The van der Waals surface area contributed by atoms with Crippen LogP contribution < -0.4 is 0 Å². The summed E-state index contributed by atoms with van der Waals surface area (Å²) in [5, 5.41) is 24.2. The Bertz CT molecular complexity index is 535. The number of benzene rings is 1. The Morgan fingerprint density at radius 1 is 1.31 bits per heavy atom. The minimum Gasteiger partial charge on any atom is -0.258 e. The minimum atomic E-state index is -0.418. The zero-order chi connectivity index (χ0) is 11.7. The number of tetrazole rings is 1. The van der Waals surface area contributed by atoms with Gasteiger partial charge in [-0.05, 0) is 30.7 Å². The molecule has 16 heavy (non-hydrogen) atoms. The lowest BCUT2D eigenvalue weighted by Gasteiger charge is -2.03. The molecular formula is C9H9N5O2. The molecule has 0 amide bonds. The standard InChI is InChI=1S/C9H9N5O2/c1-5-3-6(2)8(14(15)16)4-7(5)9-10-12-13-11-9/h3-4H,1-2H3,(H,10,11,12,13). The van der Waals surface area contributed by atoms with Crippen LogP contribution in [0.3, 0.4) is 0 Å². The van der Waals surface area contributed by atoms with Crippen LogP contribution in [-0.2, 0) is 0 Å². The summed E-state index contributed by atoms with van der Waals surface area (Å²) in [6.07, 6.45) is 0. The van der Waals surface area contributed by atoms with Crippen LogP contribution in [0.1, 0.15) is 11.1 Å². The number of aromatic amines is 1. The molecule has 1 N–H and O–H groups in total. The first-order valence-electron chi connectivity index (χ1n) is 4.59. The van der Waals surface area contributed by atoms with Gasteiger partial charge in [0.05, 0.1) is 4.92 Å². The Balaban J connectivity index is 2.63. The fourth-order valence-electron chi connectivity index (χ4n) is 1.55. The fraction of sp³-hybridized carbons (Fsp3) is 0.222. The lowest BCUT2D eigenvalue weighted by Crippen LogP contribution is -1.95. The van der Waals surface area contributed by atoms with Crippen LogP contribution in [0.4, 0.5) is 5.69 Å². The molecule has 82 valence electrons. The number of hydrogen-bond acceptors (Lipinski definition) is 5. The van der Waals surface area contributed by atoms with Crippen molar-refractivity contribution in [1.29, 1.82) is 0 Å². The van der Waals surface area contributed by atoms with Crippen LogP contribution in [-0.4, -0.2) is 25.5 Å². The van der Waals surface area contributed by atoms with Gasteiger partial charge >= 0.3 is 0 Å². The van der Waals surface area contributed by atoms with Gasteiger partial charge in [-0.3, -0.25) is 10.1 Å². The molecule has 0 aliphatic carbocycles. The lowest BCUT2D eigenvalue weighted by atomic mass is 10.0. The first kappa shape index (κ1) is 10.2. The van der Waals surface area contributed by atoms with Crippen LogP contribution in [0.2, 0.25) is 0 Å². The number of nitrogens with one attached hydrogen (secondary N) is 1. The number of hydrogen-bond donors (Lipinski definition) is 1. The van der Waals surface area contributed by atoms with Crippen LogP contribution in [0.5, 0.6) is 0 Å². The van der Waals surface area contributed by atoms with E-state index in [0.717, 1.165) is 5.56 Å². The van der Waals surface area contributed by atoms with E-state index in [1.165, 1.54) is 6.07 Å². The van der Waals surface area contributed by atoms with Crippen molar-refractivity contribution >= 4 is 5.69 Å². The van der Waals surface area contributed by atoms with Crippen LogP contribution >= 0.6 is 0 Å². The summed E-state index contributed by atoms with van der Waals surface area (Å²) < 4.78 is 0. The monoisotopic (exact) mass is 219 g/mol. The molecule has 7 heteroatoms. The third-order valence-corrected chi connectivity index (χ3v) is 2.33. The molecule has 7 nitrogen and oxygen atoms in total.